The lowest BCUT2D eigenvalue weighted by atomic mass is 10.1. The van der Waals surface area contributed by atoms with Crippen molar-refractivity contribution in [1.29, 1.82) is 0 Å². The molecule has 1 aliphatic heterocycles. The molecule has 6 nitrogen and oxygen atoms in total. The largest absolute Gasteiger partial charge is 0.368 e. The quantitative estimate of drug-likeness (QED) is 0.841. The summed E-state index contributed by atoms with van der Waals surface area (Å²) in [6.45, 7) is 2.95. The van der Waals surface area contributed by atoms with Gasteiger partial charge in [0, 0.05) is 18.7 Å². The van der Waals surface area contributed by atoms with Crippen LogP contribution in [0, 0.1) is 0 Å². The number of unbranched alkanes of at least 4 members (excludes halogenated alkanes) is 1. The minimum atomic E-state index is -2.92. The van der Waals surface area contributed by atoms with E-state index >= 15 is 0 Å². The molecule has 0 spiro atoms. The Balaban J connectivity index is 2.30. The van der Waals surface area contributed by atoms with Crippen LogP contribution in [0.5, 0.6) is 0 Å². The van der Waals surface area contributed by atoms with Gasteiger partial charge in [0.1, 0.15) is 11.0 Å². The van der Waals surface area contributed by atoms with Crippen LogP contribution in [0.1, 0.15) is 25.3 Å². The SMILES string of the molecule is CCCCc1c(Cl)nc(N)nc1N1CCS(=O)(=O)CC1. The molecule has 20 heavy (non-hydrogen) atoms. The first-order chi connectivity index (χ1) is 9.43. The molecule has 8 heteroatoms. The molecule has 2 rings (SSSR count). The van der Waals surface area contributed by atoms with Gasteiger partial charge in [-0.15, -0.1) is 0 Å². The van der Waals surface area contributed by atoms with Crippen LogP contribution in [0.3, 0.4) is 0 Å². The number of hydrogen-bond acceptors (Lipinski definition) is 6. The highest BCUT2D eigenvalue weighted by atomic mass is 35.5. The third-order valence-corrected chi connectivity index (χ3v) is 5.30. The fraction of sp³-hybridized carbons (Fsp3) is 0.667. The molecule has 1 aromatic heterocycles. The van der Waals surface area contributed by atoms with E-state index in [0.29, 0.717) is 24.1 Å². The maximum Gasteiger partial charge on any atom is 0.223 e. The Bertz CT molecular complexity index is 577. The smallest absolute Gasteiger partial charge is 0.223 e. The standard InChI is InChI=1S/C12H19ClN4O2S/c1-2-3-4-9-10(13)15-12(14)16-11(9)17-5-7-20(18,19)8-6-17/h2-8H2,1H3,(H2,14,15,16). The van der Waals surface area contributed by atoms with Gasteiger partial charge in [-0.3, -0.25) is 0 Å². The minimum Gasteiger partial charge on any atom is -0.368 e. The Morgan fingerprint density at radius 3 is 2.55 bits per heavy atom. The lowest BCUT2D eigenvalue weighted by Crippen LogP contribution is -2.41. The van der Waals surface area contributed by atoms with Crippen LogP contribution in [-0.4, -0.2) is 43.0 Å². The average Bonchev–Trinajstić information content (AvgIpc) is 2.37. The van der Waals surface area contributed by atoms with Crippen molar-refractivity contribution in [3.05, 3.63) is 10.7 Å². The Hall–Kier alpha value is -1.08. The molecule has 0 aliphatic carbocycles. The molecule has 0 saturated carbocycles. The van der Waals surface area contributed by atoms with E-state index in [9.17, 15) is 8.42 Å². The number of hydrogen-bond donors (Lipinski definition) is 1. The molecular weight excluding hydrogens is 300 g/mol. The molecule has 1 fully saturated rings. The lowest BCUT2D eigenvalue weighted by Gasteiger charge is -2.29. The number of nitrogens with two attached hydrogens (primary N) is 1. The van der Waals surface area contributed by atoms with E-state index in [-0.39, 0.29) is 17.5 Å². The van der Waals surface area contributed by atoms with Crippen molar-refractivity contribution in [3.63, 3.8) is 0 Å². The summed E-state index contributed by atoms with van der Waals surface area (Å²) in [5, 5.41) is 0.370. The summed E-state index contributed by atoms with van der Waals surface area (Å²) in [6.07, 6.45) is 2.79. The van der Waals surface area contributed by atoms with Crippen molar-refractivity contribution < 1.29 is 8.42 Å². The van der Waals surface area contributed by atoms with Crippen LogP contribution < -0.4 is 10.6 Å². The van der Waals surface area contributed by atoms with E-state index in [2.05, 4.69) is 16.9 Å². The zero-order chi connectivity index (χ0) is 14.8. The van der Waals surface area contributed by atoms with E-state index < -0.39 is 9.84 Å². The molecule has 2 heterocycles. The van der Waals surface area contributed by atoms with Crippen molar-refractivity contribution in [3.8, 4) is 0 Å². The van der Waals surface area contributed by atoms with Crippen molar-refractivity contribution >= 4 is 33.2 Å². The van der Waals surface area contributed by atoms with Gasteiger partial charge in [-0.05, 0) is 12.8 Å². The molecule has 0 atom stereocenters. The zero-order valence-corrected chi connectivity index (χ0v) is 13.0. The van der Waals surface area contributed by atoms with E-state index in [0.717, 1.165) is 24.8 Å². The summed E-state index contributed by atoms with van der Waals surface area (Å²) in [5.74, 6) is 1.09. The number of rotatable bonds is 4. The maximum atomic E-state index is 11.5. The molecule has 1 saturated heterocycles. The van der Waals surface area contributed by atoms with Crippen LogP contribution >= 0.6 is 11.6 Å². The third-order valence-electron chi connectivity index (χ3n) is 3.38. The topological polar surface area (TPSA) is 89.2 Å². The summed E-state index contributed by atoms with van der Waals surface area (Å²) < 4.78 is 23.0. The van der Waals surface area contributed by atoms with Crippen LogP contribution in [0.2, 0.25) is 5.15 Å². The van der Waals surface area contributed by atoms with Gasteiger partial charge in [-0.25, -0.2) is 13.4 Å². The molecule has 112 valence electrons. The van der Waals surface area contributed by atoms with Gasteiger partial charge in [0.2, 0.25) is 5.95 Å². The first kappa shape index (κ1) is 15.3. The van der Waals surface area contributed by atoms with Gasteiger partial charge in [-0.2, -0.15) is 4.98 Å². The summed E-state index contributed by atoms with van der Waals surface area (Å²) in [4.78, 5) is 10.2. The van der Waals surface area contributed by atoms with Gasteiger partial charge < -0.3 is 10.6 Å². The number of nitrogens with zero attached hydrogens (tertiary/aromatic N) is 3. The van der Waals surface area contributed by atoms with E-state index in [4.69, 9.17) is 17.3 Å². The Labute approximate surface area is 124 Å². The number of nitrogen functional groups attached to an aromatic ring is 1. The Kier molecular flexibility index (Phi) is 4.70. The summed E-state index contributed by atoms with van der Waals surface area (Å²) in [7, 11) is -2.92. The second-order valence-electron chi connectivity index (χ2n) is 4.92. The number of sulfone groups is 1. The van der Waals surface area contributed by atoms with Crippen LogP contribution in [0.15, 0.2) is 0 Å². The van der Waals surface area contributed by atoms with Gasteiger partial charge in [0.05, 0.1) is 11.5 Å². The lowest BCUT2D eigenvalue weighted by molar-refractivity contribution is 0.586. The minimum absolute atomic E-state index is 0.124. The molecule has 0 unspecified atom stereocenters. The van der Waals surface area contributed by atoms with Gasteiger partial charge in [0.25, 0.3) is 0 Å². The fourth-order valence-electron chi connectivity index (χ4n) is 2.22. The normalized spacial score (nSPS) is 18.2. The molecule has 1 aromatic rings. The van der Waals surface area contributed by atoms with Gasteiger partial charge >= 0.3 is 0 Å². The molecule has 0 radical (unpaired) electrons. The summed E-state index contributed by atoms with van der Waals surface area (Å²) >= 11 is 6.17. The summed E-state index contributed by atoms with van der Waals surface area (Å²) in [5.41, 5.74) is 6.53. The maximum absolute atomic E-state index is 11.5. The highest BCUT2D eigenvalue weighted by Crippen LogP contribution is 2.28. The summed E-state index contributed by atoms with van der Waals surface area (Å²) in [6, 6.07) is 0. The first-order valence-corrected chi connectivity index (χ1v) is 8.90. The van der Waals surface area contributed by atoms with Crippen LogP contribution in [-0.2, 0) is 16.3 Å². The molecular formula is C12H19ClN4O2S. The second-order valence-corrected chi connectivity index (χ2v) is 7.58. The molecule has 2 N–H and O–H groups in total. The van der Waals surface area contributed by atoms with Crippen molar-refractivity contribution in [2.45, 2.75) is 26.2 Å². The predicted octanol–water partition coefficient (Wildman–Crippen LogP) is 1.29. The number of aromatic nitrogens is 2. The van der Waals surface area contributed by atoms with Crippen LogP contribution in [0.4, 0.5) is 11.8 Å². The predicted molar refractivity (Wildman–Crippen MR) is 80.9 cm³/mol. The highest BCUT2D eigenvalue weighted by Gasteiger charge is 2.25. The fourth-order valence-corrected chi connectivity index (χ4v) is 3.68. The molecule has 0 aromatic carbocycles. The van der Waals surface area contributed by atoms with Gasteiger partial charge in [0.15, 0.2) is 9.84 Å². The van der Waals surface area contributed by atoms with E-state index in [1.165, 1.54) is 0 Å². The Morgan fingerprint density at radius 2 is 1.95 bits per heavy atom. The third kappa shape index (κ3) is 3.52. The zero-order valence-electron chi connectivity index (χ0n) is 11.5. The van der Waals surface area contributed by atoms with Crippen molar-refractivity contribution in [1.82, 2.24) is 9.97 Å². The highest BCUT2D eigenvalue weighted by molar-refractivity contribution is 7.91. The first-order valence-electron chi connectivity index (χ1n) is 6.70. The Morgan fingerprint density at radius 1 is 1.30 bits per heavy atom. The van der Waals surface area contributed by atoms with Crippen molar-refractivity contribution in [2.75, 3.05) is 35.2 Å². The average molecular weight is 319 g/mol. The van der Waals surface area contributed by atoms with E-state index in [1.807, 2.05) is 4.90 Å². The van der Waals surface area contributed by atoms with Crippen molar-refractivity contribution in [2.24, 2.45) is 0 Å². The second kappa shape index (κ2) is 6.13. The monoisotopic (exact) mass is 318 g/mol. The molecule has 1 aliphatic rings. The van der Waals surface area contributed by atoms with Crippen LogP contribution in [0.25, 0.3) is 0 Å². The number of halogens is 1. The number of anilines is 2. The van der Waals surface area contributed by atoms with Gasteiger partial charge in [-0.1, -0.05) is 24.9 Å². The van der Waals surface area contributed by atoms with E-state index in [1.54, 1.807) is 0 Å². The molecule has 0 amide bonds. The molecule has 0 bridgehead atoms.